The number of nitro benzene ring substituents is 1. The first kappa shape index (κ1) is 18.3. The van der Waals surface area contributed by atoms with Crippen molar-refractivity contribution in [3.63, 3.8) is 0 Å². The third-order valence-electron chi connectivity index (χ3n) is 4.53. The van der Waals surface area contributed by atoms with Crippen molar-refractivity contribution in [1.29, 1.82) is 0 Å². The van der Waals surface area contributed by atoms with E-state index in [4.69, 9.17) is 0 Å². The normalized spacial score (nSPS) is 22.3. The van der Waals surface area contributed by atoms with Crippen molar-refractivity contribution in [1.82, 2.24) is 4.31 Å². The Balaban J connectivity index is 2.55. The standard InChI is InChI=1S/C15H20N2O6S/c1-9-6-13(17(20)21)14(7-10(9)2)24(22,23)16-8-12(15(18)19)5-4-11(16)3/h6-7,11-12H,4-5,8H2,1-3H3,(H,18,19). The van der Waals surface area contributed by atoms with Crippen LogP contribution in [0.15, 0.2) is 17.0 Å². The summed E-state index contributed by atoms with van der Waals surface area (Å²) in [7, 11) is -4.16. The van der Waals surface area contributed by atoms with Crippen LogP contribution in [0, 0.1) is 29.9 Å². The fraction of sp³-hybridized carbons (Fsp3) is 0.533. The first-order valence-corrected chi connectivity index (χ1v) is 9.00. The highest BCUT2D eigenvalue weighted by Gasteiger charge is 2.40. The number of hydrogen-bond acceptors (Lipinski definition) is 5. The van der Waals surface area contributed by atoms with E-state index in [-0.39, 0.29) is 11.4 Å². The van der Waals surface area contributed by atoms with E-state index in [1.54, 1.807) is 20.8 Å². The molecule has 0 spiro atoms. The summed E-state index contributed by atoms with van der Waals surface area (Å²) in [5, 5.41) is 20.5. The molecule has 0 bridgehead atoms. The number of carbonyl (C=O) groups is 1. The molecule has 1 N–H and O–H groups in total. The Morgan fingerprint density at radius 3 is 2.42 bits per heavy atom. The van der Waals surface area contributed by atoms with Crippen molar-refractivity contribution in [2.45, 2.75) is 44.6 Å². The van der Waals surface area contributed by atoms with Crippen molar-refractivity contribution in [2.75, 3.05) is 6.54 Å². The van der Waals surface area contributed by atoms with Gasteiger partial charge in [0, 0.05) is 18.7 Å². The second-order valence-corrected chi connectivity index (χ2v) is 8.06. The minimum atomic E-state index is -4.16. The highest BCUT2D eigenvalue weighted by atomic mass is 32.2. The highest BCUT2D eigenvalue weighted by molar-refractivity contribution is 7.89. The Morgan fingerprint density at radius 2 is 1.88 bits per heavy atom. The monoisotopic (exact) mass is 356 g/mol. The minimum absolute atomic E-state index is 0.178. The molecule has 0 amide bonds. The van der Waals surface area contributed by atoms with Gasteiger partial charge < -0.3 is 5.11 Å². The van der Waals surface area contributed by atoms with Gasteiger partial charge in [0.2, 0.25) is 10.0 Å². The molecular formula is C15H20N2O6S. The molecule has 1 aromatic rings. The van der Waals surface area contributed by atoms with E-state index in [9.17, 15) is 28.4 Å². The summed E-state index contributed by atoms with van der Waals surface area (Å²) in [5.41, 5.74) is 0.761. The van der Waals surface area contributed by atoms with Gasteiger partial charge in [-0.05, 0) is 50.8 Å². The number of nitro groups is 1. The second-order valence-electron chi connectivity index (χ2n) is 6.20. The molecular weight excluding hydrogens is 336 g/mol. The molecule has 2 unspecified atom stereocenters. The van der Waals surface area contributed by atoms with E-state index in [0.717, 1.165) is 4.31 Å². The number of nitrogens with zero attached hydrogens (tertiary/aromatic N) is 2. The third-order valence-corrected chi connectivity index (χ3v) is 6.54. The van der Waals surface area contributed by atoms with E-state index < -0.39 is 38.6 Å². The first-order valence-electron chi connectivity index (χ1n) is 7.56. The van der Waals surface area contributed by atoms with Gasteiger partial charge in [0.1, 0.15) is 0 Å². The van der Waals surface area contributed by atoms with E-state index in [2.05, 4.69) is 0 Å². The van der Waals surface area contributed by atoms with Crippen molar-refractivity contribution >= 4 is 21.7 Å². The van der Waals surface area contributed by atoms with Gasteiger partial charge in [-0.15, -0.1) is 0 Å². The summed E-state index contributed by atoms with van der Waals surface area (Å²) in [6, 6.07) is 2.12. The predicted molar refractivity (Wildman–Crippen MR) is 86.3 cm³/mol. The number of sulfonamides is 1. The predicted octanol–water partition coefficient (Wildman–Crippen LogP) is 2.09. The molecule has 0 radical (unpaired) electrons. The number of carboxylic acids is 1. The number of aliphatic carboxylic acids is 1. The third kappa shape index (κ3) is 3.27. The van der Waals surface area contributed by atoms with Gasteiger partial charge in [-0.3, -0.25) is 14.9 Å². The molecule has 1 aliphatic rings. The average Bonchev–Trinajstić information content (AvgIpc) is 2.49. The lowest BCUT2D eigenvalue weighted by atomic mass is 9.96. The number of benzene rings is 1. The lowest BCUT2D eigenvalue weighted by molar-refractivity contribution is -0.387. The Kier molecular flexibility index (Phi) is 4.95. The average molecular weight is 356 g/mol. The SMILES string of the molecule is Cc1cc([N+](=O)[O-])c(S(=O)(=O)N2CC(C(=O)O)CCC2C)cc1C. The molecule has 1 aromatic carbocycles. The zero-order chi connectivity index (χ0) is 18.2. The highest BCUT2D eigenvalue weighted by Crippen LogP contribution is 2.34. The Bertz CT molecular complexity index is 789. The summed E-state index contributed by atoms with van der Waals surface area (Å²) in [5.74, 6) is -1.86. The van der Waals surface area contributed by atoms with Crippen molar-refractivity contribution in [2.24, 2.45) is 5.92 Å². The fourth-order valence-corrected chi connectivity index (χ4v) is 4.79. The summed E-state index contributed by atoms with van der Waals surface area (Å²) in [6.07, 6.45) is 0.784. The summed E-state index contributed by atoms with van der Waals surface area (Å²) in [4.78, 5) is 21.4. The zero-order valence-corrected chi connectivity index (χ0v) is 14.5. The molecule has 24 heavy (non-hydrogen) atoms. The van der Waals surface area contributed by atoms with Gasteiger partial charge in [0.25, 0.3) is 5.69 Å². The maximum Gasteiger partial charge on any atom is 0.307 e. The fourth-order valence-electron chi connectivity index (χ4n) is 2.86. The molecule has 0 aliphatic carbocycles. The van der Waals surface area contributed by atoms with Gasteiger partial charge in [-0.2, -0.15) is 4.31 Å². The van der Waals surface area contributed by atoms with Gasteiger partial charge in [0.15, 0.2) is 4.90 Å². The van der Waals surface area contributed by atoms with E-state index in [1.807, 2.05) is 0 Å². The van der Waals surface area contributed by atoms with E-state index in [1.165, 1.54) is 12.1 Å². The summed E-state index contributed by atoms with van der Waals surface area (Å²) >= 11 is 0. The van der Waals surface area contributed by atoms with Gasteiger partial charge in [-0.1, -0.05) is 0 Å². The Morgan fingerprint density at radius 1 is 1.29 bits per heavy atom. The Labute approximate surface area is 140 Å². The molecule has 9 heteroatoms. The second kappa shape index (κ2) is 6.48. The lowest BCUT2D eigenvalue weighted by Gasteiger charge is -2.35. The zero-order valence-electron chi connectivity index (χ0n) is 13.7. The number of carboxylic acid groups (broad SMARTS) is 1. The molecule has 1 saturated heterocycles. The van der Waals surface area contributed by atoms with E-state index >= 15 is 0 Å². The number of rotatable bonds is 4. The number of aryl methyl sites for hydroxylation is 2. The van der Waals surface area contributed by atoms with Gasteiger partial charge in [-0.25, -0.2) is 8.42 Å². The summed E-state index contributed by atoms with van der Waals surface area (Å²) in [6.45, 7) is 4.85. The van der Waals surface area contributed by atoms with Gasteiger partial charge in [0.05, 0.1) is 10.8 Å². The first-order chi connectivity index (χ1) is 11.1. The quantitative estimate of drug-likeness (QED) is 0.652. The molecule has 132 valence electrons. The van der Waals surface area contributed by atoms with Crippen LogP contribution in [-0.2, 0) is 14.8 Å². The van der Waals surface area contributed by atoms with Crippen LogP contribution in [0.5, 0.6) is 0 Å². The molecule has 1 fully saturated rings. The van der Waals surface area contributed by atoms with Crippen LogP contribution >= 0.6 is 0 Å². The van der Waals surface area contributed by atoms with Crippen molar-refractivity contribution in [3.05, 3.63) is 33.4 Å². The maximum atomic E-state index is 13.0. The van der Waals surface area contributed by atoms with Crippen LogP contribution in [0.25, 0.3) is 0 Å². The van der Waals surface area contributed by atoms with Crippen molar-refractivity contribution < 1.29 is 23.2 Å². The van der Waals surface area contributed by atoms with Crippen LogP contribution < -0.4 is 0 Å². The van der Waals surface area contributed by atoms with E-state index in [0.29, 0.717) is 24.0 Å². The number of hydrogen-bond donors (Lipinski definition) is 1. The molecule has 0 aromatic heterocycles. The molecule has 0 saturated carbocycles. The molecule has 2 rings (SSSR count). The Hall–Kier alpha value is -2.00. The van der Waals surface area contributed by atoms with Gasteiger partial charge >= 0.3 is 5.97 Å². The summed E-state index contributed by atoms with van der Waals surface area (Å²) < 4.78 is 27.0. The van der Waals surface area contributed by atoms with Crippen LogP contribution in [-0.4, -0.2) is 41.3 Å². The van der Waals surface area contributed by atoms with Crippen LogP contribution in [0.4, 0.5) is 5.69 Å². The molecule has 1 heterocycles. The maximum absolute atomic E-state index is 13.0. The van der Waals surface area contributed by atoms with Crippen molar-refractivity contribution in [3.8, 4) is 0 Å². The number of piperidine rings is 1. The largest absolute Gasteiger partial charge is 0.481 e. The topological polar surface area (TPSA) is 118 Å². The molecule has 1 aliphatic heterocycles. The molecule has 2 atom stereocenters. The van der Waals surface area contributed by atoms with Crippen LogP contribution in [0.2, 0.25) is 0 Å². The smallest absolute Gasteiger partial charge is 0.307 e. The lowest BCUT2D eigenvalue weighted by Crippen LogP contribution is -2.47. The van der Waals surface area contributed by atoms with Crippen LogP contribution in [0.1, 0.15) is 30.9 Å². The van der Waals surface area contributed by atoms with Crippen LogP contribution in [0.3, 0.4) is 0 Å². The molecule has 8 nitrogen and oxygen atoms in total. The minimum Gasteiger partial charge on any atom is -0.481 e.